The molecule has 0 aliphatic carbocycles. The van der Waals surface area contributed by atoms with Crippen LogP contribution in [0.5, 0.6) is 34.5 Å². The summed E-state index contributed by atoms with van der Waals surface area (Å²) in [5.41, 5.74) is -0.838. The average Bonchev–Trinajstić information content (AvgIpc) is 2.90. The lowest BCUT2D eigenvalue weighted by atomic mass is 9.85. The van der Waals surface area contributed by atoms with Crippen LogP contribution in [0.15, 0.2) is 62.5 Å². The van der Waals surface area contributed by atoms with E-state index in [1.165, 1.54) is 13.2 Å². The van der Waals surface area contributed by atoms with Crippen molar-refractivity contribution in [3.05, 3.63) is 80.2 Å². The molecule has 3 heterocycles. The van der Waals surface area contributed by atoms with E-state index in [1.54, 1.807) is 24.3 Å². The van der Waals surface area contributed by atoms with Crippen molar-refractivity contribution in [2.24, 2.45) is 0 Å². The van der Waals surface area contributed by atoms with Crippen molar-refractivity contribution in [3.8, 4) is 45.8 Å². The number of carbonyl (C=O) groups excluding carboxylic acids is 1. The highest BCUT2D eigenvalue weighted by Crippen LogP contribution is 2.47. The number of fused-ring (bicyclic) bond motifs is 4. The van der Waals surface area contributed by atoms with E-state index in [1.807, 2.05) is 0 Å². The number of H-pyrrole nitrogens is 1. The number of hydrogen-bond donors (Lipinski definition) is 5. The first-order chi connectivity index (χ1) is 18.7. The van der Waals surface area contributed by atoms with Crippen LogP contribution in [0, 0.1) is 0 Å². The van der Waals surface area contributed by atoms with E-state index in [9.17, 15) is 34.8 Å². The number of phenols is 3. The standard InChI is InChI=1S/C28H19NO10/c1-37-13-3-4-16-12(6-13)7-15(28(36)29-16)14-9-21(33)38-20-10-19(32)23-24(34)25(35)26(39-27(23)22(14)20)11-2-5-17(30)18(31)8-11/h2-8,10,14,30-32,35H,9H2,1H3,(H,29,36)/t14-/m0/s1. The number of aromatic hydroxyl groups is 4. The normalized spacial score (nSPS) is 14.8. The quantitative estimate of drug-likeness (QED) is 0.132. The Kier molecular flexibility index (Phi) is 5.25. The number of aromatic amines is 1. The number of phenolic OH excluding ortho intramolecular Hbond substituents is 3. The number of benzene rings is 3. The SMILES string of the molecule is COc1ccc2[nH]c(=O)c([C@@H]3CC(=O)Oc4cc(O)c5c(=O)c(O)c(-c6ccc(O)c(O)c6)oc5c43)cc2c1. The Morgan fingerprint density at radius 3 is 2.46 bits per heavy atom. The maximum atomic E-state index is 13.2. The van der Waals surface area contributed by atoms with Crippen LogP contribution in [0.3, 0.4) is 0 Å². The third-order valence-electron chi connectivity index (χ3n) is 6.76. The van der Waals surface area contributed by atoms with Crippen molar-refractivity contribution in [2.75, 3.05) is 7.11 Å². The molecule has 6 rings (SSSR count). The first kappa shape index (κ1) is 23.9. The van der Waals surface area contributed by atoms with Crippen LogP contribution in [0.1, 0.15) is 23.5 Å². The molecule has 3 aromatic carbocycles. The molecular weight excluding hydrogens is 510 g/mol. The lowest BCUT2D eigenvalue weighted by molar-refractivity contribution is -0.135. The van der Waals surface area contributed by atoms with Crippen LogP contribution in [-0.2, 0) is 4.79 Å². The zero-order valence-electron chi connectivity index (χ0n) is 20.1. The minimum Gasteiger partial charge on any atom is -0.507 e. The second-order valence-corrected chi connectivity index (χ2v) is 9.06. The number of hydrogen-bond acceptors (Lipinski definition) is 10. The topological polar surface area (TPSA) is 180 Å². The van der Waals surface area contributed by atoms with E-state index < -0.39 is 45.9 Å². The smallest absolute Gasteiger partial charge is 0.312 e. The summed E-state index contributed by atoms with van der Waals surface area (Å²) >= 11 is 0. The molecule has 0 bridgehead atoms. The van der Waals surface area contributed by atoms with Gasteiger partial charge in [0.25, 0.3) is 5.56 Å². The Labute approximate surface area is 217 Å². The Morgan fingerprint density at radius 2 is 1.72 bits per heavy atom. The minimum atomic E-state index is -0.994. The lowest BCUT2D eigenvalue weighted by Crippen LogP contribution is -2.26. The van der Waals surface area contributed by atoms with Crippen LogP contribution in [0.25, 0.3) is 33.2 Å². The fourth-order valence-electron chi connectivity index (χ4n) is 4.89. The number of rotatable bonds is 3. The van der Waals surface area contributed by atoms with Crippen LogP contribution in [-0.4, -0.2) is 38.5 Å². The highest BCUT2D eigenvalue weighted by molar-refractivity contribution is 5.94. The minimum absolute atomic E-state index is 0.0406. The largest absolute Gasteiger partial charge is 0.507 e. The predicted octanol–water partition coefficient (Wildman–Crippen LogP) is 3.57. The van der Waals surface area contributed by atoms with Gasteiger partial charge in [0, 0.05) is 39.6 Å². The average molecular weight is 529 g/mol. The van der Waals surface area contributed by atoms with E-state index in [4.69, 9.17) is 13.9 Å². The molecule has 5 N–H and O–H groups in total. The molecular formula is C28H19NO10. The Hall–Kier alpha value is -5.45. The van der Waals surface area contributed by atoms with E-state index in [0.29, 0.717) is 16.7 Å². The molecule has 0 spiro atoms. The molecule has 1 aliphatic heterocycles. The highest BCUT2D eigenvalue weighted by Gasteiger charge is 2.36. The van der Waals surface area contributed by atoms with Gasteiger partial charge in [-0.25, -0.2) is 0 Å². The van der Waals surface area contributed by atoms with E-state index >= 15 is 0 Å². The Morgan fingerprint density at radius 1 is 0.923 bits per heavy atom. The summed E-state index contributed by atoms with van der Waals surface area (Å²) in [7, 11) is 1.50. The van der Waals surface area contributed by atoms with Crippen LogP contribution >= 0.6 is 0 Å². The summed E-state index contributed by atoms with van der Waals surface area (Å²) in [6, 6.07) is 11.2. The molecule has 0 fully saturated rings. The fourth-order valence-corrected chi connectivity index (χ4v) is 4.89. The van der Waals surface area contributed by atoms with E-state index in [2.05, 4.69) is 4.98 Å². The van der Waals surface area contributed by atoms with Gasteiger partial charge in [-0.05, 0) is 42.5 Å². The molecule has 39 heavy (non-hydrogen) atoms. The van der Waals surface area contributed by atoms with Crippen molar-refractivity contribution < 1.29 is 39.1 Å². The first-order valence-corrected chi connectivity index (χ1v) is 11.7. The zero-order valence-corrected chi connectivity index (χ0v) is 20.1. The fraction of sp³-hybridized carbons (Fsp3) is 0.107. The molecule has 11 nitrogen and oxygen atoms in total. The molecule has 1 atom stereocenters. The highest BCUT2D eigenvalue weighted by atomic mass is 16.5. The van der Waals surface area contributed by atoms with Gasteiger partial charge < -0.3 is 39.3 Å². The van der Waals surface area contributed by atoms with Gasteiger partial charge >= 0.3 is 5.97 Å². The second-order valence-electron chi connectivity index (χ2n) is 9.06. The predicted molar refractivity (Wildman–Crippen MR) is 138 cm³/mol. The molecule has 0 saturated heterocycles. The van der Waals surface area contributed by atoms with E-state index in [-0.39, 0.29) is 45.6 Å². The molecule has 0 radical (unpaired) electrons. The van der Waals surface area contributed by atoms with Crippen LogP contribution < -0.4 is 20.5 Å². The van der Waals surface area contributed by atoms with Crippen LogP contribution in [0.4, 0.5) is 0 Å². The second kappa shape index (κ2) is 8.55. The number of ether oxygens (including phenoxy) is 2. The molecule has 0 saturated carbocycles. The molecule has 0 amide bonds. The van der Waals surface area contributed by atoms with E-state index in [0.717, 1.165) is 18.2 Å². The Bertz CT molecular complexity index is 1970. The molecule has 5 aromatic rings. The monoisotopic (exact) mass is 529 g/mol. The van der Waals surface area contributed by atoms with Gasteiger partial charge in [0.05, 0.1) is 13.5 Å². The van der Waals surface area contributed by atoms with Gasteiger partial charge in [0.2, 0.25) is 11.2 Å². The summed E-state index contributed by atoms with van der Waals surface area (Å²) in [5.74, 6) is -4.03. The van der Waals surface area contributed by atoms with Crippen molar-refractivity contribution >= 4 is 27.8 Å². The number of nitrogens with one attached hydrogen (secondary N) is 1. The number of aromatic nitrogens is 1. The summed E-state index contributed by atoms with van der Waals surface area (Å²) in [6.07, 6.45) is -0.286. The van der Waals surface area contributed by atoms with Crippen molar-refractivity contribution in [1.29, 1.82) is 0 Å². The zero-order chi connectivity index (χ0) is 27.6. The maximum absolute atomic E-state index is 13.2. The van der Waals surface area contributed by atoms with Gasteiger partial charge in [0.1, 0.15) is 28.2 Å². The van der Waals surface area contributed by atoms with Gasteiger partial charge in [0.15, 0.2) is 17.3 Å². The molecule has 2 aromatic heterocycles. The summed E-state index contributed by atoms with van der Waals surface area (Å²) in [4.78, 5) is 41.8. The number of pyridine rings is 1. The first-order valence-electron chi connectivity index (χ1n) is 11.7. The maximum Gasteiger partial charge on any atom is 0.312 e. The molecule has 11 heteroatoms. The van der Waals surface area contributed by atoms with Crippen LogP contribution in [0.2, 0.25) is 0 Å². The molecule has 1 aliphatic rings. The summed E-state index contributed by atoms with van der Waals surface area (Å²) < 4.78 is 16.6. The summed E-state index contributed by atoms with van der Waals surface area (Å²) in [5, 5.41) is 41.2. The third kappa shape index (κ3) is 3.71. The van der Waals surface area contributed by atoms with Gasteiger partial charge in [-0.1, -0.05) is 0 Å². The number of esters is 1. The van der Waals surface area contributed by atoms with Gasteiger partial charge in [-0.3, -0.25) is 14.4 Å². The van der Waals surface area contributed by atoms with Crippen molar-refractivity contribution in [2.45, 2.75) is 12.3 Å². The number of carbonyl (C=O) groups is 1. The number of methoxy groups -OCH3 is 1. The van der Waals surface area contributed by atoms with Crippen molar-refractivity contribution in [1.82, 2.24) is 4.98 Å². The Balaban J connectivity index is 1.67. The molecule has 0 unspecified atom stereocenters. The molecule has 196 valence electrons. The van der Waals surface area contributed by atoms with Crippen molar-refractivity contribution in [3.63, 3.8) is 0 Å². The summed E-state index contributed by atoms with van der Waals surface area (Å²) in [6.45, 7) is 0. The third-order valence-corrected chi connectivity index (χ3v) is 6.76. The van der Waals surface area contributed by atoms with Gasteiger partial charge in [-0.2, -0.15) is 0 Å². The van der Waals surface area contributed by atoms with Gasteiger partial charge in [-0.15, -0.1) is 0 Å². The lowest BCUT2D eigenvalue weighted by Gasteiger charge is -2.26.